The van der Waals surface area contributed by atoms with Crippen molar-refractivity contribution in [1.82, 2.24) is 8.83 Å². The molecule has 1 atom stereocenters. The zero-order valence-electron chi connectivity index (χ0n) is 7.28. The molecule has 1 saturated heterocycles. The first-order chi connectivity index (χ1) is 5.95. The van der Waals surface area contributed by atoms with Crippen LogP contribution in [0.15, 0.2) is 0 Å². The summed E-state index contributed by atoms with van der Waals surface area (Å²) in [7, 11) is 3.11. The molecule has 72 valence electrons. The van der Waals surface area contributed by atoms with E-state index in [0.717, 1.165) is 3.93 Å². The molecule has 1 fully saturated rings. The van der Waals surface area contributed by atoms with Gasteiger partial charge in [-0.25, -0.2) is 3.93 Å². The van der Waals surface area contributed by atoms with Crippen molar-refractivity contribution in [2.75, 3.05) is 14.1 Å². The molecule has 13 heavy (non-hydrogen) atoms. The van der Waals surface area contributed by atoms with Crippen LogP contribution in [0.5, 0.6) is 0 Å². The Balaban J connectivity index is 2.80. The number of hydrogen-bond acceptors (Lipinski definition) is 3. The second kappa shape index (κ2) is 3.45. The number of nitrogens with zero attached hydrogens (tertiary/aromatic N) is 2. The van der Waals surface area contributed by atoms with Gasteiger partial charge in [0.2, 0.25) is 11.8 Å². The van der Waals surface area contributed by atoms with Crippen LogP contribution in [0.2, 0.25) is 0 Å². The lowest BCUT2D eigenvalue weighted by Gasteiger charge is -2.13. The van der Waals surface area contributed by atoms with Crippen LogP contribution in [-0.4, -0.2) is 40.6 Å². The highest BCUT2D eigenvalue weighted by Crippen LogP contribution is 2.23. The first-order valence-corrected chi connectivity index (χ1v) is 4.40. The molecule has 0 aromatic heterocycles. The first kappa shape index (κ1) is 10.2. The average Bonchev–Trinajstić information content (AvgIpc) is 2.31. The van der Waals surface area contributed by atoms with Gasteiger partial charge in [-0.3, -0.25) is 14.4 Å². The summed E-state index contributed by atoms with van der Waals surface area (Å²) in [6.45, 7) is 0. The van der Waals surface area contributed by atoms with E-state index in [-0.39, 0.29) is 18.2 Å². The predicted molar refractivity (Wildman–Crippen MR) is 47.6 cm³/mol. The average molecular weight is 249 g/mol. The standard InChI is InChI=1S/C7H9BrN2O3/c1-9(2)6(12)4-3-5(11)10(8)7(4)13/h4H,3H2,1-2H3. The van der Waals surface area contributed by atoms with Gasteiger partial charge < -0.3 is 4.90 Å². The largest absolute Gasteiger partial charge is 0.348 e. The van der Waals surface area contributed by atoms with Gasteiger partial charge in [0.15, 0.2) is 0 Å². The highest BCUT2D eigenvalue weighted by molar-refractivity contribution is 9.08. The SMILES string of the molecule is CN(C)C(=O)C1CC(=O)N(Br)C1=O. The minimum absolute atomic E-state index is 0.0406. The predicted octanol–water partition coefficient (Wildman–Crippen LogP) is -0.240. The van der Waals surface area contributed by atoms with E-state index in [1.54, 1.807) is 14.1 Å². The smallest absolute Gasteiger partial charge is 0.252 e. The monoisotopic (exact) mass is 248 g/mol. The molecule has 1 aliphatic rings. The summed E-state index contributed by atoms with van der Waals surface area (Å²) in [5.41, 5.74) is 0. The second-order valence-corrected chi connectivity index (χ2v) is 3.71. The van der Waals surface area contributed by atoms with Crippen LogP contribution in [0.1, 0.15) is 6.42 Å². The van der Waals surface area contributed by atoms with E-state index in [4.69, 9.17) is 0 Å². The Kier molecular flexibility index (Phi) is 2.70. The van der Waals surface area contributed by atoms with E-state index in [1.807, 2.05) is 0 Å². The summed E-state index contributed by atoms with van der Waals surface area (Å²) in [6.07, 6.45) is -0.0406. The minimum Gasteiger partial charge on any atom is -0.348 e. The number of halogens is 1. The molecule has 0 aromatic carbocycles. The normalized spacial score (nSPS) is 22.4. The van der Waals surface area contributed by atoms with E-state index in [9.17, 15) is 14.4 Å². The van der Waals surface area contributed by atoms with Gasteiger partial charge in [0.1, 0.15) is 5.92 Å². The Hall–Kier alpha value is -0.910. The summed E-state index contributed by atoms with van der Waals surface area (Å²) in [5, 5.41) is 0. The molecule has 1 rings (SSSR count). The van der Waals surface area contributed by atoms with Gasteiger partial charge in [0.05, 0.1) is 16.1 Å². The van der Waals surface area contributed by atoms with Crippen molar-refractivity contribution in [1.29, 1.82) is 0 Å². The molecule has 0 spiro atoms. The number of carbonyl (C=O) groups is 3. The fourth-order valence-corrected chi connectivity index (χ4v) is 1.50. The third kappa shape index (κ3) is 1.72. The van der Waals surface area contributed by atoms with Crippen LogP contribution < -0.4 is 0 Å². The fraction of sp³-hybridized carbons (Fsp3) is 0.571. The molecular formula is C7H9BrN2O3. The number of rotatable bonds is 1. The lowest BCUT2D eigenvalue weighted by atomic mass is 10.1. The fourth-order valence-electron chi connectivity index (χ4n) is 1.11. The van der Waals surface area contributed by atoms with E-state index in [0.29, 0.717) is 0 Å². The molecule has 0 saturated carbocycles. The molecule has 1 aliphatic heterocycles. The Morgan fingerprint density at radius 2 is 2.08 bits per heavy atom. The number of carbonyl (C=O) groups excluding carboxylic acids is 3. The maximum atomic E-state index is 11.4. The molecule has 0 aromatic rings. The van der Waals surface area contributed by atoms with Crippen LogP contribution in [0.25, 0.3) is 0 Å². The maximum absolute atomic E-state index is 11.4. The van der Waals surface area contributed by atoms with Crippen LogP contribution in [-0.2, 0) is 14.4 Å². The van der Waals surface area contributed by atoms with Gasteiger partial charge in [0, 0.05) is 20.5 Å². The van der Waals surface area contributed by atoms with Gasteiger partial charge >= 0.3 is 0 Å². The summed E-state index contributed by atoms with van der Waals surface area (Å²) in [6, 6.07) is 0. The molecule has 1 heterocycles. The molecule has 0 N–H and O–H groups in total. The molecule has 5 nitrogen and oxygen atoms in total. The molecule has 0 radical (unpaired) electrons. The third-order valence-electron chi connectivity index (χ3n) is 1.83. The molecule has 1 unspecified atom stereocenters. The third-order valence-corrected chi connectivity index (χ3v) is 2.57. The highest BCUT2D eigenvalue weighted by Gasteiger charge is 2.42. The Bertz CT molecular complexity index is 277. The molecular weight excluding hydrogens is 240 g/mol. The zero-order chi connectivity index (χ0) is 10.2. The summed E-state index contributed by atoms with van der Waals surface area (Å²) >= 11 is 2.79. The van der Waals surface area contributed by atoms with E-state index in [2.05, 4.69) is 16.1 Å². The second-order valence-electron chi connectivity index (χ2n) is 3.00. The lowest BCUT2D eigenvalue weighted by molar-refractivity contribution is -0.139. The van der Waals surface area contributed by atoms with Gasteiger partial charge in [-0.1, -0.05) is 0 Å². The van der Waals surface area contributed by atoms with Gasteiger partial charge in [0.25, 0.3) is 5.91 Å². The zero-order valence-corrected chi connectivity index (χ0v) is 8.87. The van der Waals surface area contributed by atoms with Gasteiger partial charge in [-0.15, -0.1) is 0 Å². The maximum Gasteiger partial charge on any atom is 0.252 e. The summed E-state index contributed by atoms with van der Waals surface area (Å²) in [5.74, 6) is -2.03. The first-order valence-electron chi connectivity index (χ1n) is 3.69. The summed E-state index contributed by atoms with van der Waals surface area (Å²) in [4.78, 5) is 34.9. The highest BCUT2D eigenvalue weighted by atomic mass is 79.9. The van der Waals surface area contributed by atoms with Crippen molar-refractivity contribution in [2.24, 2.45) is 5.92 Å². The van der Waals surface area contributed by atoms with Crippen molar-refractivity contribution in [3.63, 3.8) is 0 Å². The van der Waals surface area contributed by atoms with Crippen LogP contribution in [0.3, 0.4) is 0 Å². The van der Waals surface area contributed by atoms with Gasteiger partial charge in [-0.05, 0) is 0 Å². The van der Waals surface area contributed by atoms with E-state index < -0.39 is 11.8 Å². The topological polar surface area (TPSA) is 57.7 Å². The molecule has 0 aliphatic carbocycles. The van der Waals surface area contributed by atoms with Crippen molar-refractivity contribution in [3.05, 3.63) is 0 Å². The van der Waals surface area contributed by atoms with Crippen molar-refractivity contribution >= 4 is 33.9 Å². The van der Waals surface area contributed by atoms with Crippen LogP contribution >= 0.6 is 16.1 Å². The number of hydrogen-bond donors (Lipinski definition) is 0. The quantitative estimate of drug-likeness (QED) is 0.366. The van der Waals surface area contributed by atoms with E-state index in [1.165, 1.54) is 4.90 Å². The van der Waals surface area contributed by atoms with Crippen molar-refractivity contribution in [3.8, 4) is 0 Å². The Morgan fingerprint density at radius 1 is 1.54 bits per heavy atom. The Morgan fingerprint density at radius 3 is 2.38 bits per heavy atom. The Labute approximate surface area is 84.0 Å². The van der Waals surface area contributed by atoms with Crippen LogP contribution in [0, 0.1) is 5.92 Å². The lowest BCUT2D eigenvalue weighted by Crippen LogP contribution is -2.33. The van der Waals surface area contributed by atoms with Crippen LogP contribution in [0.4, 0.5) is 0 Å². The number of amides is 3. The molecule has 3 amide bonds. The molecule has 6 heteroatoms. The number of imide groups is 1. The van der Waals surface area contributed by atoms with Crippen molar-refractivity contribution in [2.45, 2.75) is 6.42 Å². The minimum atomic E-state index is -0.845. The van der Waals surface area contributed by atoms with Crippen molar-refractivity contribution < 1.29 is 14.4 Å². The molecule has 0 bridgehead atoms. The van der Waals surface area contributed by atoms with E-state index >= 15 is 0 Å². The van der Waals surface area contributed by atoms with Gasteiger partial charge in [-0.2, -0.15) is 0 Å². The summed E-state index contributed by atoms with van der Waals surface area (Å²) < 4.78 is 0.819.